The van der Waals surface area contributed by atoms with E-state index in [4.69, 9.17) is 21.3 Å². The van der Waals surface area contributed by atoms with Gasteiger partial charge in [0, 0.05) is 23.2 Å². The zero-order valence-electron chi connectivity index (χ0n) is 18.8. The molecule has 1 unspecified atom stereocenters. The smallest absolute Gasteiger partial charge is 0.192 e. The van der Waals surface area contributed by atoms with Gasteiger partial charge in [0.1, 0.15) is 10.8 Å². The highest BCUT2D eigenvalue weighted by molar-refractivity contribution is 7.98. The summed E-state index contributed by atoms with van der Waals surface area (Å²) >= 11 is 9.51. The lowest BCUT2D eigenvalue weighted by atomic mass is 10.1. The molecule has 5 nitrogen and oxygen atoms in total. The number of benzene rings is 2. The molecule has 0 aliphatic heterocycles. The minimum absolute atomic E-state index is 0.250. The summed E-state index contributed by atoms with van der Waals surface area (Å²) < 4.78 is 8.22. The SMILES string of the molecule is C=CCn1c(SCc2csc(-c3ccccc3Cl)n2)nnc1C(C)Oc1ccc(C)c(C)c1. The van der Waals surface area contributed by atoms with Gasteiger partial charge in [-0.25, -0.2) is 4.98 Å². The Hall–Kier alpha value is -2.61. The number of thiazole rings is 1. The van der Waals surface area contributed by atoms with E-state index in [0.29, 0.717) is 17.3 Å². The molecule has 8 heteroatoms. The van der Waals surface area contributed by atoms with Crippen molar-refractivity contribution >= 4 is 34.7 Å². The zero-order valence-corrected chi connectivity index (χ0v) is 21.2. The quantitative estimate of drug-likeness (QED) is 0.180. The third-order valence-electron chi connectivity index (χ3n) is 5.22. The lowest BCUT2D eigenvalue weighted by molar-refractivity contribution is 0.210. The molecule has 0 saturated heterocycles. The molecule has 2 aromatic heterocycles. The number of hydrogen-bond donors (Lipinski definition) is 0. The van der Waals surface area contributed by atoms with E-state index in [0.717, 1.165) is 33.0 Å². The summed E-state index contributed by atoms with van der Waals surface area (Å²) in [5.74, 6) is 2.27. The van der Waals surface area contributed by atoms with E-state index < -0.39 is 0 Å². The number of hydrogen-bond acceptors (Lipinski definition) is 6. The highest BCUT2D eigenvalue weighted by Gasteiger charge is 2.20. The van der Waals surface area contributed by atoms with Crippen molar-refractivity contribution in [2.24, 2.45) is 0 Å². The van der Waals surface area contributed by atoms with Crippen LogP contribution in [0.25, 0.3) is 10.6 Å². The van der Waals surface area contributed by atoms with Gasteiger partial charge < -0.3 is 4.74 Å². The van der Waals surface area contributed by atoms with Crippen LogP contribution in [0.2, 0.25) is 5.02 Å². The van der Waals surface area contributed by atoms with Gasteiger partial charge in [-0.1, -0.05) is 53.7 Å². The van der Waals surface area contributed by atoms with Crippen molar-refractivity contribution in [1.29, 1.82) is 0 Å². The van der Waals surface area contributed by atoms with Crippen molar-refractivity contribution in [3.05, 3.63) is 88.2 Å². The number of nitrogens with zero attached hydrogens (tertiary/aromatic N) is 4. The monoisotopic (exact) mass is 496 g/mol. The van der Waals surface area contributed by atoms with E-state index in [9.17, 15) is 0 Å². The Labute approximate surface area is 207 Å². The number of allylic oxidation sites excluding steroid dienone is 1. The van der Waals surface area contributed by atoms with Crippen LogP contribution in [0.15, 0.2) is 65.7 Å². The second-order valence-electron chi connectivity index (χ2n) is 7.66. The van der Waals surface area contributed by atoms with Gasteiger partial charge in [-0.05, 0) is 50.1 Å². The minimum atomic E-state index is -0.250. The Kier molecular flexibility index (Phi) is 7.53. The molecule has 0 bridgehead atoms. The van der Waals surface area contributed by atoms with Gasteiger partial charge >= 0.3 is 0 Å². The van der Waals surface area contributed by atoms with Gasteiger partial charge in [0.25, 0.3) is 0 Å². The van der Waals surface area contributed by atoms with E-state index in [1.807, 2.05) is 47.9 Å². The van der Waals surface area contributed by atoms with Gasteiger partial charge in [0.15, 0.2) is 17.1 Å². The van der Waals surface area contributed by atoms with E-state index in [1.54, 1.807) is 23.1 Å². The molecule has 0 N–H and O–H groups in total. The third-order valence-corrected chi connectivity index (χ3v) is 7.47. The summed E-state index contributed by atoms with van der Waals surface area (Å²) in [6, 6.07) is 13.9. The first-order valence-corrected chi connectivity index (χ1v) is 12.8. The molecular weight excluding hydrogens is 472 g/mol. The molecule has 0 aliphatic carbocycles. The molecule has 4 aromatic rings. The largest absolute Gasteiger partial charge is 0.483 e. The first kappa shape index (κ1) is 23.5. The van der Waals surface area contributed by atoms with Crippen LogP contribution in [-0.2, 0) is 12.3 Å². The maximum absolute atomic E-state index is 6.32. The number of aryl methyl sites for hydroxylation is 2. The summed E-state index contributed by atoms with van der Waals surface area (Å²) in [5.41, 5.74) is 4.37. The van der Waals surface area contributed by atoms with Gasteiger partial charge in [-0.15, -0.1) is 28.1 Å². The lowest BCUT2D eigenvalue weighted by Gasteiger charge is -2.16. The highest BCUT2D eigenvalue weighted by atomic mass is 35.5. The second kappa shape index (κ2) is 10.5. The average Bonchev–Trinajstić information content (AvgIpc) is 3.43. The summed E-state index contributed by atoms with van der Waals surface area (Å²) in [6.07, 6.45) is 1.60. The Bertz CT molecular complexity index is 1270. The zero-order chi connectivity index (χ0) is 23.4. The molecule has 2 aromatic carbocycles. The fourth-order valence-corrected chi connectivity index (χ4v) is 5.42. The highest BCUT2D eigenvalue weighted by Crippen LogP contribution is 2.32. The summed E-state index contributed by atoms with van der Waals surface area (Å²) in [7, 11) is 0. The molecular formula is C25H25ClN4OS2. The molecule has 4 rings (SSSR count). The topological polar surface area (TPSA) is 52.8 Å². The molecule has 0 fully saturated rings. The fraction of sp³-hybridized carbons (Fsp3) is 0.240. The molecule has 33 heavy (non-hydrogen) atoms. The maximum Gasteiger partial charge on any atom is 0.192 e. The van der Waals surface area contributed by atoms with Crippen LogP contribution in [0.1, 0.15) is 35.7 Å². The minimum Gasteiger partial charge on any atom is -0.483 e. The van der Waals surface area contributed by atoms with Crippen LogP contribution >= 0.6 is 34.7 Å². The third kappa shape index (κ3) is 5.49. The van der Waals surface area contributed by atoms with Gasteiger partial charge in [0.05, 0.1) is 10.7 Å². The molecule has 0 amide bonds. The van der Waals surface area contributed by atoms with E-state index in [2.05, 4.69) is 48.1 Å². The molecule has 1 atom stereocenters. The van der Waals surface area contributed by atoms with Crippen molar-refractivity contribution in [2.75, 3.05) is 0 Å². The Morgan fingerprint density at radius 3 is 2.76 bits per heavy atom. The fourth-order valence-electron chi connectivity index (χ4n) is 3.32. The summed E-state index contributed by atoms with van der Waals surface area (Å²) in [6.45, 7) is 10.7. The molecule has 0 aliphatic rings. The van der Waals surface area contributed by atoms with Crippen LogP contribution in [-0.4, -0.2) is 19.7 Å². The van der Waals surface area contributed by atoms with Gasteiger partial charge in [0.2, 0.25) is 0 Å². The Morgan fingerprint density at radius 1 is 1.18 bits per heavy atom. The first-order valence-electron chi connectivity index (χ1n) is 10.6. The number of aromatic nitrogens is 4. The van der Waals surface area contributed by atoms with Crippen LogP contribution in [0.5, 0.6) is 5.75 Å². The van der Waals surface area contributed by atoms with E-state index in [-0.39, 0.29) is 6.10 Å². The summed E-state index contributed by atoms with van der Waals surface area (Å²) in [4.78, 5) is 4.76. The summed E-state index contributed by atoms with van der Waals surface area (Å²) in [5, 5.41) is 13.4. The maximum atomic E-state index is 6.32. The van der Waals surface area contributed by atoms with Crippen molar-refractivity contribution < 1.29 is 4.74 Å². The van der Waals surface area contributed by atoms with Crippen molar-refractivity contribution in [2.45, 2.75) is 44.3 Å². The predicted molar refractivity (Wildman–Crippen MR) is 137 cm³/mol. The van der Waals surface area contributed by atoms with Crippen molar-refractivity contribution in [1.82, 2.24) is 19.7 Å². The molecule has 2 heterocycles. The number of rotatable bonds is 9. The number of thioether (sulfide) groups is 1. The normalized spacial score (nSPS) is 12.0. The van der Waals surface area contributed by atoms with Crippen molar-refractivity contribution in [3.8, 4) is 16.3 Å². The predicted octanol–water partition coefficient (Wildman–Crippen LogP) is 7.29. The van der Waals surface area contributed by atoms with E-state index >= 15 is 0 Å². The van der Waals surface area contributed by atoms with Crippen LogP contribution in [0.4, 0.5) is 0 Å². The van der Waals surface area contributed by atoms with Crippen LogP contribution in [0.3, 0.4) is 0 Å². The second-order valence-corrected chi connectivity index (χ2v) is 9.87. The average molecular weight is 497 g/mol. The van der Waals surface area contributed by atoms with Crippen molar-refractivity contribution in [3.63, 3.8) is 0 Å². The van der Waals surface area contributed by atoms with Gasteiger partial charge in [-0.3, -0.25) is 4.57 Å². The molecule has 0 saturated carbocycles. The number of ether oxygens (including phenoxy) is 1. The standard InChI is InChI=1S/C25H25ClN4OS2/c1-5-12-30-23(18(4)31-20-11-10-16(2)17(3)13-20)28-29-25(30)33-15-19-14-32-24(27-19)21-8-6-7-9-22(21)26/h5-11,13-14,18H,1,12,15H2,2-4H3. The van der Waals surface area contributed by atoms with Crippen LogP contribution in [0, 0.1) is 13.8 Å². The molecule has 0 spiro atoms. The van der Waals surface area contributed by atoms with Crippen LogP contribution < -0.4 is 4.74 Å². The molecule has 0 radical (unpaired) electrons. The first-order chi connectivity index (χ1) is 16.0. The van der Waals surface area contributed by atoms with E-state index in [1.165, 1.54) is 11.1 Å². The number of halogens is 1. The van der Waals surface area contributed by atoms with Gasteiger partial charge in [-0.2, -0.15) is 0 Å². The lowest BCUT2D eigenvalue weighted by Crippen LogP contribution is -2.12. The molecule has 170 valence electrons. The Morgan fingerprint density at radius 2 is 2.00 bits per heavy atom. The Balaban J connectivity index is 1.48.